The summed E-state index contributed by atoms with van der Waals surface area (Å²) in [6.45, 7) is 6.06. The number of benzene rings is 1. The van der Waals surface area contributed by atoms with Crippen LogP contribution in [-0.4, -0.2) is 46.7 Å². The molecule has 1 N–H and O–H groups in total. The van der Waals surface area contributed by atoms with Crippen molar-refractivity contribution >= 4 is 5.95 Å². The van der Waals surface area contributed by atoms with Gasteiger partial charge in [-0.15, -0.1) is 0 Å². The molecular formula is C20H26N4O2. The largest absolute Gasteiger partial charge is 0.504 e. The van der Waals surface area contributed by atoms with Crippen molar-refractivity contribution in [2.75, 3.05) is 31.6 Å². The number of rotatable bonds is 4. The Bertz CT molecular complexity index is 789. The smallest absolute Gasteiger partial charge is 0.225 e. The first-order chi connectivity index (χ1) is 12.7. The number of nitrogens with zero attached hydrogens (tertiary/aromatic N) is 4. The molecule has 0 radical (unpaired) electrons. The van der Waals surface area contributed by atoms with Gasteiger partial charge in [-0.2, -0.15) is 0 Å². The summed E-state index contributed by atoms with van der Waals surface area (Å²) in [4.78, 5) is 13.9. The highest BCUT2D eigenvalue weighted by Gasteiger charge is 2.26. The second-order valence-electron chi connectivity index (χ2n) is 7.16. The van der Waals surface area contributed by atoms with Gasteiger partial charge in [0.1, 0.15) is 0 Å². The van der Waals surface area contributed by atoms with Gasteiger partial charge in [0, 0.05) is 38.4 Å². The molecule has 138 valence electrons. The van der Waals surface area contributed by atoms with Gasteiger partial charge in [0.05, 0.1) is 12.8 Å². The molecule has 2 aliphatic rings. The fourth-order valence-corrected chi connectivity index (χ4v) is 4.02. The lowest BCUT2D eigenvalue weighted by Crippen LogP contribution is -2.34. The molecular weight excluding hydrogens is 328 g/mol. The predicted molar refractivity (Wildman–Crippen MR) is 101 cm³/mol. The Kier molecular flexibility index (Phi) is 4.68. The average Bonchev–Trinajstić information content (AvgIpc) is 3.19. The highest BCUT2D eigenvalue weighted by Crippen LogP contribution is 2.37. The summed E-state index contributed by atoms with van der Waals surface area (Å²) in [6, 6.07) is 6.08. The van der Waals surface area contributed by atoms with Crippen LogP contribution in [0.1, 0.15) is 42.6 Å². The maximum Gasteiger partial charge on any atom is 0.225 e. The molecule has 1 aromatic heterocycles. The molecule has 2 aliphatic heterocycles. The number of methoxy groups -OCH3 is 1. The third-order valence-electron chi connectivity index (χ3n) is 5.56. The molecule has 1 fully saturated rings. The molecule has 0 spiro atoms. The van der Waals surface area contributed by atoms with E-state index in [0.29, 0.717) is 5.75 Å². The second kappa shape index (κ2) is 7.11. The van der Waals surface area contributed by atoms with Crippen molar-refractivity contribution in [3.63, 3.8) is 0 Å². The summed E-state index contributed by atoms with van der Waals surface area (Å²) < 4.78 is 5.29. The van der Waals surface area contributed by atoms with Crippen LogP contribution in [0.15, 0.2) is 24.4 Å². The highest BCUT2D eigenvalue weighted by molar-refractivity contribution is 5.48. The summed E-state index contributed by atoms with van der Waals surface area (Å²) in [5.41, 5.74) is 3.48. The molecule has 6 heteroatoms. The fraction of sp³-hybridized carbons (Fsp3) is 0.500. The van der Waals surface area contributed by atoms with Crippen LogP contribution in [0.25, 0.3) is 0 Å². The average molecular weight is 354 g/mol. The highest BCUT2D eigenvalue weighted by atomic mass is 16.5. The van der Waals surface area contributed by atoms with Crippen LogP contribution < -0.4 is 9.64 Å². The lowest BCUT2D eigenvalue weighted by molar-refractivity contribution is 0.186. The summed E-state index contributed by atoms with van der Waals surface area (Å²) in [5, 5.41) is 10.0. The topological polar surface area (TPSA) is 61.7 Å². The van der Waals surface area contributed by atoms with E-state index in [9.17, 15) is 5.11 Å². The first-order valence-corrected chi connectivity index (χ1v) is 9.36. The van der Waals surface area contributed by atoms with E-state index in [-0.39, 0.29) is 11.8 Å². The molecule has 0 unspecified atom stereocenters. The number of phenolic OH excluding ortho intramolecular Hbond substituents is 1. The van der Waals surface area contributed by atoms with Crippen molar-refractivity contribution in [2.45, 2.75) is 38.8 Å². The van der Waals surface area contributed by atoms with Gasteiger partial charge in [-0.3, -0.25) is 4.90 Å². The van der Waals surface area contributed by atoms with E-state index < -0.39 is 0 Å². The molecule has 1 aromatic carbocycles. The molecule has 0 aliphatic carbocycles. The van der Waals surface area contributed by atoms with Gasteiger partial charge < -0.3 is 14.7 Å². The molecule has 3 heterocycles. The summed E-state index contributed by atoms with van der Waals surface area (Å²) in [5.74, 6) is 1.62. The van der Waals surface area contributed by atoms with Gasteiger partial charge in [0.25, 0.3) is 0 Å². The van der Waals surface area contributed by atoms with E-state index in [4.69, 9.17) is 9.72 Å². The van der Waals surface area contributed by atoms with E-state index in [0.717, 1.165) is 44.2 Å². The number of phenols is 1. The Morgan fingerprint density at radius 3 is 2.81 bits per heavy atom. The van der Waals surface area contributed by atoms with Gasteiger partial charge in [-0.1, -0.05) is 0 Å². The SMILES string of the molecule is COc1cc2c(cc1O)CCN(Cc1ccnc(N3CCCC3)n1)[C@@H]2C. The van der Waals surface area contributed by atoms with Crippen molar-refractivity contribution < 1.29 is 9.84 Å². The van der Waals surface area contributed by atoms with Crippen LogP contribution in [0.4, 0.5) is 5.95 Å². The minimum atomic E-state index is 0.220. The molecule has 0 amide bonds. The van der Waals surface area contributed by atoms with Crippen LogP contribution in [0.2, 0.25) is 0 Å². The molecule has 4 rings (SSSR count). The minimum absolute atomic E-state index is 0.220. The van der Waals surface area contributed by atoms with Crippen LogP contribution >= 0.6 is 0 Å². The number of fused-ring (bicyclic) bond motifs is 1. The Morgan fingerprint density at radius 1 is 1.23 bits per heavy atom. The van der Waals surface area contributed by atoms with Gasteiger partial charge in [0.15, 0.2) is 11.5 Å². The van der Waals surface area contributed by atoms with Gasteiger partial charge in [0.2, 0.25) is 5.95 Å². The number of hydrogen-bond donors (Lipinski definition) is 1. The Morgan fingerprint density at radius 2 is 2.04 bits per heavy atom. The lowest BCUT2D eigenvalue weighted by atomic mass is 9.92. The lowest BCUT2D eigenvalue weighted by Gasteiger charge is -2.35. The standard InChI is InChI=1S/C20H26N4O2/c1-14-17-12-19(26-2)18(25)11-15(17)6-10-24(14)13-16-5-7-21-20(22-16)23-8-3-4-9-23/h5,7,11-12,14,25H,3-4,6,8-10,13H2,1-2H3/t14-/m1/s1. The number of ether oxygens (including phenoxy) is 1. The normalized spacial score (nSPS) is 20.2. The Balaban J connectivity index is 1.53. The Labute approximate surface area is 154 Å². The van der Waals surface area contributed by atoms with Crippen molar-refractivity contribution in [1.82, 2.24) is 14.9 Å². The van der Waals surface area contributed by atoms with Gasteiger partial charge in [-0.25, -0.2) is 9.97 Å². The quantitative estimate of drug-likeness (QED) is 0.911. The first kappa shape index (κ1) is 17.1. The molecule has 1 atom stereocenters. The zero-order valence-corrected chi connectivity index (χ0v) is 15.5. The molecule has 6 nitrogen and oxygen atoms in total. The molecule has 0 saturated carbocycles. The van der Waals surface area contributed by atoms with Crippen molar-refractivity contribution in [2.24, 2.45) is 0 Å². The number of hydrogen-bond acceptors (Lipinski definition) is 6. The maximum absolute atomic E-state index is 10.0. The molecule has 2 aromatic rings. The first-order valence-electron chi connectivity index (χ1n) is 9.36. The van der Waals surface area contributed by atoms with Crippen molar-refractivity contribution in [3.8, 4) is 11.5 Å². The maximum atomic E-state index is 10.0. The summed E-state index contributed by atoms with van der Waals surface area (Å²) in [7, 11) is 1.59. The third-order valence-corrected chi connectivity index (χ3v) is 5.56. The molecule has 26 heavy (non-hydrogen) atoms. The Hall–Kier alpha value is -2.34. The van der Waals surface area contributed by atoms with E-state index in [2.05, 4.69) is 21.7 Å². The number of aromatic hydroxyl groups is 1. The van der Waals surface area contributed by atoms with Crippen LogP contribution in [0.3, 0.4) is 0 Å². The number of aromatic nitrogens is 2. The van der Waals surface area contributed by atoms with Crippen molar-refractivity contribution in [1.29, 1.82) is 0 Å². The van der Waals surface area contributed by atoms with Crippen LogP contribution in [-0.2, 0) is 13.0 Å². The molecule has 0 bridgehead atoms. The summed E-state index contributed by atoms with van der Waals surface area (Å²) >= 11 is 0. The van der Waals surface area contributed by atoms with Crippen LogP contribution in [0, 0.1) is 0 Å². The molecule has 1 saturated heterocycles. The van der Waals surface area contributed by atoms with E-state index >= 15 is 0 Å². The monoisotopic (exact) mass is 354 g/mol. The predicted octanol–water partition coefficient (Wildman–Crippen LogP) is 2.91. The van der Waals surface area contributed by atoms with Gasteiger partial charge in [-0.05, 0) is 55.5 Å². The van der Waals surface area contributed by atoms with E-state index in [1.54, 1.807) is 7.11 Å². The van der Waals surface area contributed by atoms with Crippen molar-refractivity contribution in [3.05, 3.63) is 41.2 Å². The zero-order chi connectivity index (χ0) is 18.1. The van der Waals surface area contributed by atoms with Crippen LogP contribution in [0.5, 0.6) is 11.5 Å². The number of anilines is 1. The van der Waals surface area contributed by atoms with E-state index in [1.807, 2.05) is 24.4 Å². The summed E-state index contributed by atoms with van der Waals surface area (Å²) in [6.07, 6.45) is 5.24. The third kappa shape index (κ3) is 3.21. The van der Waals surface area contributed by atoms with E-state index in [1.165, 1.54) is 24.0 Å². The zero-order valence-electron chi connectivity index (χ0n) is 15.5. The fourth-order valence-electron chi connectivity index (χ4n) is 4.02. The second-order valence-corrected chi connectivity index (χ2v) is 7.16. The minimum Gasteiger partial charge on any atom is -0.504 e. The van der Waals surface area contributed by atoms with Gasteiger partial charge >= 0.3 is 0 Å².